The van der Waals surface area contributed by atoms with Gasteiger partial charge in [0.15, 0.2) is 0 Å². The Bertz CT molecular complexity index is 1210. The van der Waals surface area contributed by atoms with Gasteiger partial charge in [-0.1, -0.05) is 18.2 Å². The van der Waals surface area contributed by atoms with Crippen molar-refractivity contribution in [1.29, 1.82) is 0 Å². The van der Waals surface area contributed by atoms with Gasteiger partial charge < -0.3 is 20.0 Å². The number of carbonyl (C=O) groups is 1. The van der Waals surface area contributed by atoms with E-state index in [0.29, 0.717) is 22.4 Å². The lowest BCUT2D eigenvalue weighted by molar-refractivity contribution is 0.0996. The van der Waals surface area contributed by atoms with Crippen LogP contribution in [0, 0.1) is 0 Å². The van der Waals surface area contributed by atoms with Gasteiger partial charge in [-0.3, -0.25) is 4.79 Å². The molecule has 0 aliphatic rings. The molecule has 1 heterocycles. The molecule has 3 N–H and O–H groups in total. The van der Waals surface area contributed by atoms with Crippen LogP contribution in [0.3, 0.4) is 0 Å². The molecule has 28 heavy (non-hydrogen) atoms. The van der Waals surface area contributed by atoms with Crippen molar-refractivity contribution in [2.75, 3.05) is 0 Å². The second-order valence-corrected chi connectivity index (χ2v) is 6.07. The van der Waals surface area contributed by atoms with E-state index >= 15 is 0 Å². The number of phenols is 1. The summed E-state index contributed by atoms with van der Waals surface area (Å²) in [6.07, 6.45) is 0. The number of phenolic OH excluding ortho intramolecular Hbond substituents is 1. The van der Waals surface area contributed by atoms with Crippen LogP contribution in [0.15, 0.2) is 88.3 Å². The fraction of sp³-hybridized carbons (Fsp3) is 0. The highest BCUT2D eigenvalue weighted by Crippen LogP contribution is 2.24. The number of rotatable bonds is 4. The molecule has 3 aromatic carbocycles. The normalized spacial score (nSPS) is 11.5. The first-order chi connectivity index (χ1) is 13.6. The van der Waals surface area contributed by atoms with E-state index in [1.807, 2.05) is 30.3 Å². The molecular formula is C22H16N2O4. The van der Waals surface area contributed by atoms with Crippen LogP contribution in [-0.4, -0.2) is 11.0 Å². The van der Waals surface area contributed by atoms with Crippen molar-refractivity contribution in [2.24, 2.45) is 10.7 Å². The molecule has 0 fully saturated rings. The van der Waals surface area contributed by atoms with E-state index in [0.717, 1.165) is 5.75 Å². The van der Waals surface area contributed by atoms with E-state index in [4.69, 9.17) is 14.9 Å². The van der Waals surface area contributed by atoms with Crippen molar-refractivity contribution in [3.8, 4) is 17.2 Å². The number of benzene rings is 3. The lowest BCUT2D eigenvalue weighted by Crippen LogP contribution is -2.21. The van der Waals surface area contributed by atoms with Crippen molar-refractivity contribution in [3.63, 3.8) is 0 Å². The minimum atomic E-state index is -0.651. The average Bonchev–Trinajstić information content (AvgIpc) is 2.69. The van der Waals surface area contributed by atoms with Crippen LogP contribution in [0.25, 0.3) is 11.0 Å². The molecule has 0 aliphatic carbocycles. The summed E-state index contributed by atoms with van der Waals surface area (Å²) in [6, 6.07) is 22.6. The number of nitrogens with zero attached hydrogens (tertiary/aromatic N) is 1. The van der Waals surface area contributed by atoms with E-state index in [1.54, 1.807) is 36.4 Å². The number of hydrogen-bond donors (Lipinski definition) is 2. The van der Waals surface area contributed by atoms with Crippen molar-refractivity contribution in [1.82, 2.24) is 0 Å². The van der Waals surface area contributed by atoms with Crippen molar-refractivity contribution >= 4 is 22.6 Å². The molecule has 0 spiro atoms. The molecule has 0 bridgehead atoms. The highest BCUT2D eigenvalue weighted by atomic mass is 16.5. The number of ether oxygens (including phenoxy) is 1. The summed E-state index contributed by atoms with van der Waals surface area (Å²) >= 11 is 0. The van der Waals surface area contributed by atoms with Crippen LogP contribution in [0.2, 0.25) is 0 Å². The zero-order valence-electron chi connectivity index (χ0n) is 14.7. The third-order valence-corrected chi connectivity index (χ3v) is 4.05. The monoisotopic (exact) mass is 372 g/mol. The zero-order valence-corrected chi connectivity index (χ0v) is 14.7. The molecular weight excluding hydrogens is 356 g/mol. The van der Waals surface area contributed by atoms with Gasteiger partial charge >= 0.3 is 0 Å². The second-order valence-electron chi connectivity index (χ2n) is 6.07. The molecule has 1 aromatic heterocycles. The van der Waals surface area contributed by atoms with Crippen LogP contribution >= 0.6 is 0 Å². The summed E-state index contributed by atoms with van der Waals surface area (Å²) in [5, 5.41) is 10.3. The lowest BCUT2D eigenvalue weighted by Gasteiger charge is -2.05. The number of carbonyl (C=O) groups excluding carboxylic acids is 1. The van der Waals surface area contributed by atoms with E-state index in [1.165, 1.54) is 12.1 Å². The van der Waals surface area contributed by atoms with Crippen LogP contribution in [0.4, 0.5) is 5.69 Å². The summed E-state index contributed by atoms with van der Waals surface area (Å²) < 4.78 is 11.5. The quantitative estimate of drug-likeness (QED) is 0.559. The Balaban J connectivity index is 1.72. The molecule has 0 atom stereocenters. The summed E-state index contributed by atoms with van der Waals surface area (Å²) in [4.78, 5) is 16.2. The topological polar surface area (TPSA) is 98.1 Å². The van der Waals surface area contributed by atoms with Crippen LogP contribution in [-0.2, 0) is 0 Å². The maximum absolute atomic E-state index is 11.8. The molecule has 6 nitrogen and oxygen atoms in total. The maximum Gasteiger partial charge on any atom is 0.254 e. The number of para-hydroxylation sites is 1. The standard InChI is InChI=1S/C22H16N2O4/c23-21(26)19-12-14-6-9-16(25)13-20(14)28-22(19)24-15-7-10-18(11-8-15)27-17-4-2-1-3-5-17/h1-13,25H,(H2,23,26). The number of amides is 1. The van der Waals surface area contributed by atoms with Gasteiger partial charge in [-0.2, -0.15) is 0 Å². The number of fused-ring (bicyclic) bond motifs is 1. The SMILES string of the molecule is NC(=O)c1cc2ccc(O)cc2oc1=Nc1ccc(Oc2ccccc2)cc1. The van der Waals surface area contributed by atoms with Gasteiger partial charge in [-0.05, 0) is 54.6 Å². The fourth-order valence-electron chi connectivity index (χ4n) is 2.70. The largest absolute Gasteiger partial charge is 0.508 e. The van der Waals surface area contributed by atoms with E-state index in [2.05, 4.69) is 4.99 Å². The highest BCUT2D eigenvalue weighted by Gasteiger charge is 2.10. The lowest BCUT2D eigenvalue weighted by atomic mass is 10.1. The smallest absolute Gasteiger partial charge is 0.254 e. The predicted octanol–water partition coefficient (Wildman–Crippen LogP) is 4.26. The highest BCUT2D eigenvalue weighted by molar-refractivity contribution is 5.95. The molecule has 0 aliphatic heterocycles. The van der Waals surface area contributed by atoms with Gasteiger partial charge in [-0.15, -0.1) is 0 Å². The summed E-state index contributed by atoms with van der Waals surface area (Å²) in [7, 11) is 0. The molecule has 138 valence electrons. The first-order valence-electron chi connectivity index (χ1n) is 8.53. The molecule has 0 radical (unpaired) electrons. The van der Waals surface area contributed by atoms with Crippen molar-refractivity contribution < 1.29 is 19.1 Å². The predicted molar refractivity (Wildman–Crippen MR) is 105 cm³/mol. The number of hydrogen-bond acceptors (Lipinski definition) is 5. The zero-order chi connectivity index (χ0) is 19.5. The van der Waals surface area contributed by atoms with Gasteiger partial charge in [0.25, 0.3) is 5.91 Å². The maximum atomic E-state index is 11.8. The van der Waals surface area contributed by atoms with Crippen LogP contribution in [0.5, 0.6) is 17.2 Å². The third-order valence-electron chi connectivity index (χ3n) is 4.05. The van der Waals surface area contributed by atoms with Gasteiger partial charge in [0.05, 0.1) is 5.69 Å². The van der Waals surface area contributed by atoms with Crippen molar-refractivity contribution in [2.45, 2.75) is 0 Å². The van der Waals surface area contributed by atoms with Gasteiger partial charge in [0.2, 0.25) is 5.55 Å². The summed E-state index contributed by atoms with van der Waals surface area (Å²) in [5.41, 5.74) is 6.66. The Morgan fingerprint density at radius 3 is 2.36 bits per heavy atom. The first kappa shape index (κ1) is 17.4. The number of aromatic hydroxyl groups is 1. The Morgan fingerprint density at radius 2 is 1.64 bits per heavy atom. The molecule has 0 saturated carbocycles. The van der Waals surface area contributed by atoms with Gasteiger partial charge in [-0.25, -0.2) is 4.99 Å². The van der Waals surface area contributed by atoms with E-state index < -0.39 is 5.91 Å². The van der Waals surface area contributed by atoms with Crippen LogP contribution < -0.4 is 16.0 Å². The molecule has 0 saturated heterocycles. The summed E-state index contributed by atoms with van der Waals surface area (Å²) in [6.45, 7) is 0. The molecule has 1 amide bonds. The Kier molecular flexibility index (Phi) is 4.51. The minimum absolute atomic E-state index is 0.0523. The minimum Gasteiger partial charge on any atom is -0.508 e. The number of primary amides is 1. The average molecular weight is 372 g/mol. The van der Waals surface area contributed by atoms with Gasteiger partial charge in [0.1, 0.15) is 28.4 Å². The fourth-order valence-corrected chi connectivity index (χ4v) is 2.70. The molecule has 6 heteroatoms. The Morgan fingerprint density at radius 1 is 0.929 bits per heavy atom. The second kappa shape index (κ2) is 7.28. The first-order valence-corrected chi connectivity index (χ1v) is 8.53. The third kappa shape index (κ3) is 3.71. The summed E-state index contributed by atoms with van der Waals surface area (Å²) in [5.74, 6) is 0.783. The Hall–Kier alpha value is -4.06. The molecule has 4 aromatic rings. The number of nitrogens with two attached hydrogens (primary N) is 1. The Labute approximate surface area is 160 Å². The van der Waals surface area contributed by atoms with E-state index in [9.17, 15) is 9.90 Å². The molecule has 0 unspecified atom stereocenters. The van der Waals surface area contributed by atoms with Crippen LogP contribution in [0.1, 0.15) is 10.4 Å². The molecule has 4 rings (SSSR count). The van der Waals surface area contributed by atoms with Gasteiger partial charge in [0, 0.05) is 11.5 Å². The van der Waals surface area contributed by atoms with E-state index in [-0.39, 0.29) is 16.9 Å². The van der Waals surface area contributed by atoms with Crippen molar-refractivity contribution in [3.05, 3.63) is 90.0 Å².